The van der Waals surface area contributed by atoms with Crippen LogP contribution < -0.4 is 14.8 Å². The van der Waals surface area contributed by atoms with Crippen molar-refractivity contribution < 1.29 is 24.2 Å². The highest BCUT2D eigenvalue weighted by Crippen LogP contribution is 2.36. The first-order chi connectivity index (χ1) is 11.0. The molecule has 6 nitrogen and oxygen atoms in total. The van der Waals surface area contributed by atoms with Gasteiger partial charge in [0, 0.05) is 24.1 Å². The molecule has 1 heterocycles. The molecular formula is C17H21NO5. The van der Waals surface area contributed by atoms with Crippen LogP contribution in [0, 0.1) is 11.8 Å². The summed E-state index contributed by atoms with van der Waals surface area (Å²) in [4.78, 5) is 23.2. The van der Waals surface area contributed by atoms with Gasteiger partial charge in [-0.2, -0.15) is 0 Å². The number of carboxylic acid groups (broad SMARTS) is 1. The highest BCUT2D eigenvalue weighted by molar-refractivity contribution is 5.86. The van der Waals surface area contributed by atoms with Crippen LogP contribution in [0.5, 0.6) is 11.5 Å². The summed E-state index contributed by atoms with van der Waals surface area (Å²) in [5.74, 6) is -0.542. The Bertz CT molecular complexity index is 642. The number of aliphatic carboxylic acids is 1. The number of fused-ring (bicyclic) bond motifs is 1. The predicted molar refractivity (Wildman–Crippen MR) is 82.5 cm³/mol. The summed E-state index contributed by atoms with van der Waals surface area (Å²) >= 11 is 0. The Morgan fingerprint density at radius 3 is 2.70 bits per heavy atom. The van der Waals surface area contributed by atoms with Crippen LogP contribution in [-0.4, -0.2) is 30.2 Å². The van der Waals surface area contributed by atoms with Crippen molar-refractivity contribution >= 4 is 11.9 Å². The second-order valence-corrected chi connectivity index (χ2v) is 6.25. The number of carbonyl (C=O) groups excluding carboxylic acids is 1. The fourth-order valence-electron chi connectivity index (χ4n) is 3.23. The monoisotopic (exact) mass is 319 g/mol. The van der Waals surface area contributed by atoms with Gasteiger partial charge in [0.05, 0.1) is 18.9 Å². The Balaban J connectivity index is 1.67. The molecule has 6 heteroatoms. The summed E-state index contributed by atoms with van der Waals surface area (Å²) in [6.07, 6.45) is 2.19. The highest BCUT2D eigenvalue weighted by atomic mass is 16.5. The summed E-state index contributed by atoms with van der Waals surface area (Å²) in [7, 11) is 1.60. The topological polar surface area (TPSA) is 84.9 Å². The molecule has 0 bridgehead atoms. The standard InChI is InChI=1S/C17H21NO5/c1-9-5-10-6-14(22-2)11(7-15(10)23-9)8-18-16(19)12-3-4-13(12)17(20)21/h6-7,9,12-13H,3-5,8H2,1-2H3,(H,18,19)(H,20,21). The van der Waals surface area contributed by atoms with Gasteiger partial charge in [-0.1, -0.05) is 0 Å². The van der Waals surface area contributed by atoms with E-state index in [4.69, 9.17) is 14.6 Å². The second-order valence-electron chi connectivity index (χ2n) is 6.25. The quantitative estimate of drug-likeness (QED) is 0.863. The Morgan fingerprint density at radius 1 is 1.35 bits per heavy atom. The number of amides is 1. The average molecular weight is 319 g/mol. The summed E-state index contributed by atoms with van der Waals surface area (Å²) in [5, 5.41) is 11.9. The minimum Gasteiger partial charge on any atom is -0.496 e. The van der Waals surface area contributed by atoms with Gasteiger partial charge >= 0.3 is 5.97 Å². The summed E-state index contributed by atoms with van der Waals surface area (Å²) in [6, 6.07) is 3.84. The van der Waals surface area contributed by atoms with E-state index in [1.807, 2.05) is 19.1 Å². The molecule has 3 rings (SSSR count). The molecular weight excluding hydrogens is 298 g/mol. The number of benzene rings is 1. The highest BCUT2D eigenvalue weighted by Gasteiger charge is 2.41. The minimum atomic E-state index is -0.895. The molecule has 1 aliphatic carbocycles. The Labute approximate surface area is 134 Å². The van der Waals surface area contributed by atoms with Crippen LogP contribution >= 0.6 is 0 Å². The van der Waals surface area contributed by atoms with Crippen molar-refractivity contribution in [2.75, 3.05) is 7.11 Å². The van der Waals surface area contributed by atoms with Crippen molar-refractivity contribution in [3.05, 3.63) is 23.3 Å². The normalized spacial score (nSPS) is 25.0. The lowest BCUT2D eigenvalue weighted by molar-refractivity contribution is -0.152. The van der Waals surface area contributed by atoms with Crippen molar-refractivity contribution in [1.82, 2.24) is 5.32 Å². The molecule has 0 spiro atoms. The van der Waals surface area contributed by atoms with Crippen molar-refractivity contribution in [2.24, 2.45) is 11.8 Å². The third-order valence-corrected chi connectivity index (χ3v) is 4.68. The van der Waals surface area contributed by atoms with Gasteiger partial charge < -0.3 is 19.9 Å². The van der Waals surface area contributed by atoms with Crippen LogP contribution in [0.2, 0.25) is 0 Å². The smallest absolute Gasteiger partial charge is 0.307 e. The molecule has 2 N–H and O–H groups in total. The molecule has 1 fully saturated rings. The molecule has 0 aromatic heterocycles. The van der Waals surface area contributed by atoms with Crippen LogP contribution in [0.15, 0.2) is 12.1 Å². The maximum Gasteiger partial charge on any atom is 0.307 e. The molecule has 3 atom stereocenters. The molecule has 2 aliphatic rings. The maximum absolute atomic E-state index is 12.2. The van der Waals surface area contributed by atoms with Crippen LogP contribution in [0.3, 0.4) is 0 Å². The van der Waals surface area contributed by atoms with Crippen LogP contribution in [0.4, 0.5) is 0 Å². The van der Waals surface area contributed by atoms with E-state index in [0.717, 1.165) is 23.3 Å². The maximum atomic E-state index is 12.2. The van der Waals surface area contributed by atoms with Crippen LogP contribution in [-0.2, 0) is 22.6 Å². The largest absolute Gasteiger partial charge is 0.496 e. The van der Waals surface area contributed by atoms with Gasteiger partial charge in [-0.25, -0.2) is 0 Å². The molecule has 0 saturated heterocycles. The molecule has 1 aromatic rings. The number of carbonyl (C=O) groups is 2. The first-order valence-corrected chi connectivity index (χ1v) is 7.86. The van der Waals surface area contributed by atoms with Gasteiger partial charge in [0.2, 0.25) is 5.91 Å². The zero-order valence-corrected chi connectivity index (χ0v) is 13.3. The number of carboxylic acids is 1. The molecule has 23 heavy (non-hydrogen) atoms. The van der Waals surface area contributed by atoms with E-state index in [2.05, 4.69) is 5.32 Å². The van der Waals surface area contributed by atoms with E-state index < -0.39 is 17.8 Å². The molecule has 3 unspecified atom stereocenters. The summed E-state index contributed by atoms with van der Waals surface area (Å²) in [5.41, 5.74) is 1.94. The van der Waals surface area contributed by atoms with Gasteiger partial charge in [-0.05, 0) is 31.9 Å². The van der Waals surface area contributed by atoms with Gasteiger partial charge in [-0.3, -0.25) is 9.59 Å². The van der Waals surface area contributed by atoms with Gasteiger partial charge in [0.25, 0.3) is 0 Å². The van der Waals surface area contributed by atoms with E-state index in [-0.39, 0.29) is 12.0 Å². The minimum absolute atomic E-state index is 0.144. The lowest BCUT2D eigenvalue weighted by Gasteiger charge is -2.32. The number of ether oxygens (including phenoxy) is 2. The van der Waals surface area contributed by atoms with E-state index >= 15 is 0 Å². The van der Waals surface area contributed by atoms with E-state index in [1.54, 1.807) is 7.11 Å². The number of nitrogens with one attached hydrogen (secondary N) is 1. The zero-order chi connectivity index (χ0) is 16.6. The molecule has 0 radical (unpaired) electrons. The van der Waals surface area contributed by atoms with Gasteiger partial charge in [0.1, 0.15) is 17.6 Å². The van der Waals surface area contributed by atoms with Gasteiger partial charge in [0.15, 0.2) is 0 Å². The molecule has 1 aliphatic heterocycles. The van der Waals surface area contributed by atoms with Crippen LogP contribution in [0.1, 0.15) is 30.9 Å². The number of hydrogen-bond donors (Lipinski definition) is 2. The summed E-state index contributed by atoms with van der Waals surface area (Å²) < 4.78 is 11.1. The van der Waals surface area contributed by atoms with Crippen molar-refractivity contribution in [3.8, 4) is 11.5 Å². The lowest BCUT2D eigenvalue weighted by Crippen LogP contribution is -2.43. The number of rotatable bonds is 5. The third-order valence-electron chi connectivity index (χ3n) is 4.68. The van der Waals surface area contributed by atoms with Crippen LogP contribution in [0.25, 0.3) is 0 Å². The Morgan fingerprint density at radius 2 is 2.09 bits per heavy atom. The third kappa shape index (κ3) is 2.98. The lowest BCUT2D eigenvalue weighted by atomic mass is 9.73. The Hall–Kier alpha value is -2.24. The van der Waals surface area contributed by atoms with Crippen molar-refractivity contribution in [1.29, 1.82) is 0 Å². The second kappa shape index (κ2) is 6.10. The Kier molecular flexibility index (Phi) is 4.15. The SMILES string of the molecule is COc1cc2c(cc1CNC(=O)C1CCC1C(=O)O)OC(C)C2. The summed E-state index contributed by atoms with van der Waals surface area (Å²) in [6.45, 7) is 2.31. The molecule has 1 amide bonds. The molecule has 124 valence electrons. The number of hydrogen-bond acceptors (Lipinski definition) is 4. The predicted octanol–water partition coefficient (Wildman–Crippen LogP) is 1.75. The fourth-order valence-corrected chi connectivity index (χ4v) is 3.23. The average Bonchev–Trinajstić information content (AvgIpc) is 2.81. The zero-order valence-electron chi connectivity index (χ0n) is 13.3. The fraction of sp³-hybridized carbons (Fsp3) is 0.529. The first-order valence-electron chi connectivity index (χ1n) is 7.86. The van der Waals surface area contributed by atoms with E-state index in [1.165, 1.54) is 0 Å². The number of methoxy groups -OCH3 is 1. The van der Waals surface area contributed by atoms with E-state index in [0.29, 0.717) is 25.1 Å². The first kappa shape index (κ1) is 15.6. The van der Waals surface area contributed by atoms with Gasteiger partial charge in [-0.15, -0.1) is 0 Å². The van der Waals surface area contributed by atoms with Crippen molar-refractivity contribution in [2.45, 2.75) is 38.8 Å². The molecule has 1 saturated carbocycles. The molecule has 1 aromatic carbocycles. The van der Waals surface area contributed by atoms with Crippen molar-refractivity contribution in [3.63, 3.8) is 0 Å². The van der Waals surface area contributed by atoms with E-state index in [9.17, 15) is 9.59 Å².